The highest BCUT2D eigenvalue weighted by molar-refractivity contribution is 6.83. The predicted molar refractivity (Wildman–Crippen MR) is 62.7 cm³/mol. The fraction of sp³-hybridized carbons (Fsp3) is 0.636. The van der Waals surface area contributed by atoms with Gasteiger partial charge in [0.05, 0.1) is 0 Å². The summed E-state index contributed by atoms with van der Waals surface area (Å²) in [6, 6.07) is 0. The van der Waals surface area contributed by atoms with Gasteiger partial charge in [0, 0.05) is 7.11 Å². The maximum absolute atomic E-state index is 9.61. The predicted octanol–water partition coefficient (Wildman–Crippen LogP) is 1.82. The minimum atomic E-state index is -1.38. The number of hydrogen-bond donors (Lipinski definition) is 1. The van der Waals surface area contributed by atoms with E-state index in [1.165, 1.54) is 0 Å². The number of aliphatic hydroxyl groups is 1. The van der Waals surface area contributed by atoms with Gasteiger partial charge in [-0.2, -0.15) is 0 Å². The van der Waals surface area contributed by atoms with E-state index in [0.29, 0.717) is 0 Å². The monoisotopic (exact) mass is 212 g/mol. The SMILES string of the molecule is C/C=C/[C@H](O)[C@H](C#C[Si](C)(C)C)OC. The lowest BCUT2D eigenvalue weighted by Gasteiger charge is -2.13. The highest BCUT2D eigenvalue weighted by Gasteiger charge is 2.14. The first-order valence-electron chi connectivity index (χ1n) is 4.77. The summed E-state index contributed by atoms with van der Waals surface area (Å²) < 4.78 is 5.11. The molecule has 3 heteroatoms. The molecule has 0 aromatic carbocycles. The molecule has 2 atom stereocenters. The number of hydrogen-bond acceptors (Lipinski definition) is 2. The zero-order valence-corrected chi connectivity index (χ0v) is 10.7. The second-order valence-electron chi connectivity index (χ2n) is 4.19. The van der Waals surface area contributed by atoms with Crippen molar-refractivity contribution in [3.8, 4) is 11.5 Å². The van der Waals surface area contributed by atoms with Gasteiger partial charge < -0.3 is 9.84 Å². The molecular formula is C11H20O2Si. The average Bonchev–Trinajstić information content (AvgIpc) is 2.03. The fourth-order valence-corrected chi connectivity index (χ4v) is 1.44. The number of ether oxygens (including phenoxy) is 1. The molecule has 0 aliphatic carbocycles. The van der Waals surface area contributed by atoms with Gasteiger partial charge in [-0.1, -0.05) is 37.7 Å². The van der Waals surface area contributed by atoms with Gasteiger partial charge in [0.15, 0.2) is 0 Å². The van der Waals surface area contributed by atoms with Crippen molar-refractivity contribution in [1.29, 1.82) is 0 Å². The number of rotatable bonds is 3. The van der Waals surface area contributed by atoms with E-state index in [1.807, 2.05) is 6.92 Å². The highest BCUT2D eigenvalue weighted by atomic mass is 28.3. The summed E-state index contributed by atoms with van der Waals surface area (Å²) in [7, 11) is 0.184. The lowest BCUT2D eigenvalue weighted by atomic mass is 10.2. The van der Waals surface area contributed by atoms with Gasteiger partial charge in [0.1, 0.15) is 20.3 Å². The van der Waals surface area contributed by atoms with E-state index in [4.69, 9.17) is 4.74 Å². The van der Waals surface area contributed by atoms with Crippen molar-refractivity contribution in [2.45, 2.75) is 38.8 Å². The maximum Gasteiger partial charge on any atom is 0.146 e. The normalized spacial score (nSPS) is 16.1. The van der Waals surface area contributed by atoms with Crippen molar-refractivity contribution >= 4 is 8.07 Å². The molecule has 0 bridgehead atoms. The molecule has 2 nitrogen and oxygen atoms in total. The molecule has 0 unspecified atom stereocenters. The summed E-state index contributed by atoms with van der Waals surface area (Å²) >= 11 is 0. The molecule has 0 aliphatic heterocycles. The molecular weight excluding hydrogens is 192 g/mol. The van der Waals surface area contributed by atoms with E-state index in [2.05, 4.69) is 31.1 Å². The van der Waals surface area contributed by atoms with Crippen LogP contribution < -0.4 is 0 Å². The Hall–Kier alpha value is -0.563. The van der Waals surface area contributed by atoms with Crippen LogP contribution in [0.1, 0.15) is 6.92 Å². The molecule has 0 aromatic rings. The summed E-state index contributed by atoms with van der Waals surface area (Å²) in [4.78, 5) is 0. The Morgan fingerprint density at radius 2 is 1.93 bits per heavy atom. The molecule has 0 radical (unpaired) electrons. The molecule has 1 N–H and O–H groups in total. The highest BCUT2D eigenvalue weighted by Crippen LogP contribution is 2.02. The number of methoxy groups -OCH3 is 1. The van der Waals surface area contributed by atoms with Crippen LogP contribution in [0.25, 0.3) is 0 Å². The largest absolute Gasteiger partial charge is 0.385 e. The lowest BCUT2D eigenvalue weighted by molar-refractivity contribution is 0.0489. The molecule has 0 saturated heterocycles. The van der Waals surface area contributed by atoms with Crippen molar-refractivity contribution in [2.24, 2.45) is 0 Å². The molecule has 0 amide bonds. The zero-order chi connectivity index (χ0) is 11.2. The van der Waals surface area contributed by atoms with Crippen LogP contribution in [0, 0.1) is 11.5 Å². The average molecular weight is 212 g/mol. The van der Waals surface area contributed by atoms with Crippen LogP contribution in [-0.2, 0) is 4.74 Å². The topological polar surface area (TPSA) is 29.5 Å². The Morgan fingerprint density at radius 3 is 2.29 bits per heavy atom. The fourth-order valence-electron chi connectivity index (χ4n) is 0.869. The third-order valence-electron chi connectivity index (χ3n) is 1.54. The molecule has 0 rings (SSSR count). The minimum Gasteiger partial charge on any atom is -0.385 e. The number of aliphatic hydroxyl groups excluding tert-OH is 1. The van der Waals surface area contributed by atoms with Gasteiger partial charge in [-0.3, -0.25) is 0 Å². The molecule has 0 aromatic heterocycles. The molecule has 0 heterocycles. The third-order valence-corrected chi connectivity index (χ3v) is 2.44. The van der Waals surface area contributed by atoms with E-state index in [0.717, 1.165) is 0 Å². The first-order valence-corrected chi connectivity index (χ1v) is 8.27. The minimum absolute atomic E-state index is 0.405. The van der Waals surface area contributed by atoms with E-state index in [9.17, 15) is 5.11 Å². The molecule has 0 fully saturated rings. The quantitative estimate of drug-likeness (QED) is 0.439. The van der Waals surface area contributed by atoms with Crippen LogP contribution in [-0.4, -0.2) is 32.5 Å². The van der Waals surface area contributed by atoms with Crippen molar-refractivity contribution in [2.75, 3.05) is 7.11 Å². The summed E-state index contributed by atoms with van der Waals surface area (Å²) in [5.41, 5.74) is 3.18. The van der Waals surface area contributed by atoms with Gasteiger partial charge >= 0.3 is 0 Å². The Kier molecular flexibility index (Phi) is 5.78. The van der Waals surface area contributed by atoms with Crippen LogP contribution >= 0.6 is 0 Å². The standard InChI is InChI=1S/C11H20O2Si/c1-6-7-10(12)11(13-2)8-9-14(3,4)5/h6-7,10-12H,1-5H3/b7-6+/t10-,11-/m0/s1. The zero-order valence-electron chi connectivity index (χ0n) is 9.66. The van der Waals surface area contributed by atoms with E-state index >= 15 is 0 Å². The van der Waals surface area contributed by atoms with Crippen LogP contribution in [0.15, 0.2) is 12.2 Å². The van der Waals surface area contributed by atoms with E-state index < -0.39 is 20.3 Å². The molecule has 0 spiro atoms. The van der Waals surface area contributed by atoms with Crippen molar-refractivity contribution in [3.63, 3.8) is 0 Å². The summed E-state index contributed by atoms with van der Waals surface area (Å²) in [5.74, 6) is 2.98. The van der Waals surface area contributed by atoms with Gasteiger partial charge in [-0.05, 0) is 6.92 Å². The smallest absolute Gasteiger partial charge is 0.146 e. The summed E-state index contributed by atoms with van der Waals surface area (Å²) in [5, 5.41) is 9.61. The summed E-state index contributed by atoms with van der Waals surface area (Å²) in [6.07, 6.45) is 2.45. The van der Waals surface area contributed by atoms with E-state index in [-0.39, 0.29) is 0 Å². The van der Waals surface area contributed by atoms with Crippen LogP contribution in [0.5, 0.6) is 0 Å². The molecule has 80 valence electrons. The van der Waals surface area contributed by atoms with Gasteiger partial charge in [-0.15, -0.1) is 5.54 Å². The van der Waals surface area contributed by atoms with Gasteiger partial charge in [0.25, 0.3) is 0 Å². The summed E-state index contributed by atoms with van der Waals surface area (Å²) in [6.45, 7) is 8.35. The Balaban J connectivity index is 4.48. The third kappa shape index (κ3) is 5.98. The van der Waals surface area contributed by atoms with Crippen molar-refractivity contribution in [3.05, 3.63) is 12.2 Å². The van der Waals surface area contributed by atoms with Gasteiger partial charge in [0.2, 0.25) is 0 Å². The first kappa shape index (κ1) is 13.4. The molecule has 0 saturated carbocycles. The van der Waals surface area contributed by atoms with Crippen molar-refractivity contribution < 1.29 is 9.84 Å². The number of allylic oxidation sites excluding steroid dienone is 1. The van der Waals surface area contributed by atoms with E-state index in [1.54, 1.807) is 19.3 Å². The Labute approximate surface area is 88.0 Å². The maximum atomic E-state index is 9.61. The lowest BCUT2D eigenvalue weighted by Crippen LogP contribution is -2.26. The van der Waals surface area contributed by atoms with Crippen LogP contribution in [0.2, 0.25) is 19.6 Å². The second-order valence-corrected chi connectivity index (χ2v) is 8.94. The Morgan fingerprint density at radius 1 is 1.36 bits per heavy atom. The second kappa shape index (κ2) is 6.02. The van der Waals surface area contributed by atoms with Crippen molar-refractivity contribution in [1.82, 2.24) is 0 Å². The van der Waals surface area contributed by atoms with Crippen LogP contribution in [0.3, 0.4) is 0 Å². The molecule has 14 heavy (non-hydrogen) atoms. The Bertz CT molecular complexity index is 242. The van der Waals surface area contributed by atoms with Gasteiger partial charge in [-0.25, -0.2) is 0 Å². The first-order chi connectivity index (χ1) is 6.40. The molecule has 0 aliphatic rings. The van der Waals surface area contributed by atoms with Crippen LogP contribution in [0.4, 0.5) is 0 Å².